The lowest BCUT2D eigenvalue weighted by molar-refractivity contribution is -0.142. The highest BCUT2D eigenvalue weighted by atomic mass is 16.5. The van der Waals surface area contributed by atoms with Crippen molar-refractivity contribution in [2.45, 2.75) is 85.5 Å². The molecule has 0 aliphatic carbocycles. The molecule has 0 aliphatic heterocycles. The monoisotopic (exact) mass is 294 g/mol. The number of carbonyl (C=O) groups excluding carboxylic acids is 1. The molecule has 0 aromatic rings. The molecule has 122 valence electrons. The van der Waals surface area contributed by atoms with Crippen molar-refractivity contribution in [3.63, 3.8) is 0 Å². The van der Waals surface area contributed by atoms with Gasteiger partial charge in [-0.25, -0.2) is 0 Å². The van der Waals surface area contributed by atoms with Crippen LogP contribution >= 0.6 is 0 Å². The largest absolute Gasteiger partial charge is 0.461 e. The molecule has 21 heavy (non-hydrogen) atoms. The fourth-order valence-corrected chi connectivity index (χ4v) is 2.09. The highest BCUT2D eigenvalue weighted by Crippen LogP contribution is 2.08. The molecular weight excluding hydrogens is 260 g/mol. The lowest BCUT2D eigenvalue weighted by Crippen LogP contribution is -2.04. The molecule has 0 amide bonds. The highest BCUT2D eigenvalue weighted by Gasteiger charge is 2.01. The number of esters is 1. The molecule has 0 aromatic heterocycles. The first-order chi connectivity index (χ1) is 10.1. The average molecular weight is 294 g/mol. The Balaban J connectivity index is 3.57. The van der Waals surface area contributed by atoms with Gasteiger partial charge in [0.25, 0.3) is 0 Å². The van der Waals surface area contributed by atoms with Gasteiger partial charge in [-0.2, -0.15) is 0 Å². The van der Waals surface area contributed by atoms with Crippen LogP contribution < -0.4 is 0 Å². The van der Waals surface area contributed by atoms with Crippen molar-refractivity contribution in [3.8, 4) is 0 Å². The summed E-state index contributed by atoms with van der Waals surface area (Å²) in [5.74, 6) is -0.0566. The number of carbonyl (C=O) groups is 1. The van der Waals surface area contributed by atoms with E-state index in [0.717, 1.165) is 25.7 Å². The van der Waals surface area contributed by atoms with Gasteiger partial charge in [-0.15, -0.1) is 0 Å². The standard InChI is InChI=1S/C19H34O2/c1-5-6-7-8-9-10-14-19(20)21-16-15-18(4)13-11-12-17(2)3/h12,15H,5-11,13-14,16H2,1-4H3. The van der Waals surface area contributed by atoms with Gasteiger partial charge in [0.05, 0.1) is 0 Å². The first-order valence-corrected chi connectivity index (χ1v) is 8.50. The molecule has 0 spiro atoms. The predicted molar refractivity (Wildman–Crippen MR) is 91.4 cm³/mol. The summed E-state index contributed by atoms with van der Waals surface area (Å²) in [5, 5.41) is 0. The van der Waals surface area contributed by atoms with Gasteiger partial charge in [-0.3, -0.25) is 4.79 Å². The fourth-order valence-electron chi connectivity index (χ4n) is 2.09. The van der Waals surface area contributed by atoms with Gasteiger partial charge >= 0.3 is 5.97 Å². The van der Waals surface area contributed by atoms with Crippen LogP contribution in [0.5, 0.6) is 0 Å². The molecule has 0 unspecified atom stereocenters. The number of allylic oxidation sites excluding steroid dienone is 3. The van der Waals surface area contributed by atoms with Gasteiger partial charge in [0.2, 0.25) is 0 Å². The van der Waals surface area contributed by atoms with Gasteiger partial charge in [-0.05, 0) is 46.1 Å². The second kappa shape index (κ2) is 13.9. The zero-order valence-electron chi connectivity index (χ0n) is 14.5. The number of ether oxygens (including phenoxy) is 1. The molecule has 0 bridgehead atoms. The molecule has 0 saturated carbocycles. The Morgan fingerprint density at radius 1 is 0.905 bits per heavy atom. The van der Waals surface area contributed by atoms with E-state index in [9.17, 15) is 4.79 Å². The van der Waals surface area contributed by atoms with E-state index in [4.69, 9.17) is 4.74 Å². The second-order valence-electron chi connectivity index (χ2n) is 6.07. The summed E-state index contributed by atoms with van der Waals surface area (Å²) in [4.78, 5) is 11.6. The summed E-state index contributed by atoms with van der Waals surface area (Å²) >= 11 is 0. The van der Waals surface area contributed by atoms with E-state index in [0.29, 0.717) is 13.0 Å². The molecule has 0 fully saturated rings. The summed E-state index contributed by atoms with van der Waals surface area (Å²) in [5.41, 5.74) is 2.65. The lowest BCUT2D eigenvalue weighted by atomic mass is 10.1. The Kier molecular flexibility index (Phi) is 13.2. The van der Waals surface area contributed by atoms with Crippen LogP contribution in [-0.4, -0.2) is 12.6 Å². The van der Waals surface area contributed by atoms with Crippen LogP contribution in [0, 0.1) is 0 Å². The van der Waals surface area contributed by atoms with Crippen molar-refractivity contribution < 1.29 is 9.53 Å². The minimum Gasteiger partial charge on any atom is -0.461 e. The minimum atomic E-state index is -0.0566. The van der Waals surface area contributed by atoms with Crippen LogP contribution in [0.15, 0.2) is 23.3 Å². The Labute approximate surface area is 131 Å². The van der Waals surface area contributed by atoms with Crippen molar-refractivity contribution in [2.75, 3.05) is 6.61 Å². The molecule has 0 N–H and O–H groups in total. The molecular formula is C19H34O2. The molecule has 0 heterocycles. The van der Waals surface area contributed by atoms with Crippen LogP contribution in [0.1, 0.15) is 85.5 Å². The third-order valence-electron chi connectivity index (χ3n) is 3.50. The van der Waals surface area contributed by atoms with Gasteiger partial charge < -0.3 is 4.74 Å². The molecule has 2 heteroatoms. The van der Waals surface area contributed by atoms with Crippen molar-refractivity contribution in [1.29, 1.82) is 0 Å². The van der Waals surface area contributed by atoms with E-state index in [-0.39, 0.29) is 5.97 Å². The maximum atomic E-state index is 11.6. The minimum absolute atomic E-state index is 0.0566. The Morgan fingerprint density at radius 2 is 1.57 bits per heavy atom. The number of hydrogen-bond acceptors (Lipinski definition) is 2. The highest BCUT2D eigenvalue weighted by molar-refractivity contribution is 5.69. The molecule has 0 saturated heterocycles. The molecule has 0 aromatic carbocycles. The van der Waals surface area contributed by atoms with Crippen molar-refractivity contribution in [1.82, 2.24) is 0 Å². The average Bonchev–Trinajstić information content (AvgIpc) is 2.42. The van der Waals surface area contributed by atoms with Gasteiger partial charge in [-0.1, -0.05) is 56.3 Å². The Bertz CT molecular complexity index is 322. The summed E-state index contributed by atoms with van der Waals surface area (Å²) in [6, 6.07) is 0. The van der Waals surface area contributed by atoms with E-state index in [1.54, 1.807) is 0 Å². The fraction of sp³-hybridized carbons (Fsp3) is 0.737. The first kappa shape index (κ1) is 19.9. The predicted octanol–water partition coefficient (Wildman–Crippen LogP) is 5.97. The number of rotatable bonds is 12. The van der Waals surface area contributed by atoms with Gasteiger partial charge in [0.1, 0.15) is 6.61 Å². The van der Waals surface area contributed by atoms with Crippen LogP contribution in [0.4, 0.5) is 0 Å². The molecule has 0 atom stereocenters. The summed E-state index contributed by atoms with van der Waals surface area (Å²) < 4.78 is 5.24. The van der Waals surface area contributed by atoms with E-state index in [1.807, 2.05) is 6.08 Å². The lowest BCUT2D eigenvalue weighted by Gasteiger charge is -2.04. The third-order valence-corrected chi connectivity index (χ3v) is 3.50. The van der Waals surface area contributed by atoms with E-state index in [1.165, 1.54) is 36.8 Å². The second-order valence-corrected chi connectivity index (χ2v) is 6.07. The molecule has 2 nitrogen and oxygen atoms in total. The van der Waals surface area contributed by atoms with Crippen LogP contribution in [0.25, 0.3) is 0 Å². The van der Waals surface area contributed by atoms with Crippen molar-refractivity contribution in [2.24, 2.45) is 0 Å². The van der Waals surface area contributed by atoms with E-state index < -0.39 is 0 Å². The Hall–Kier alpha value is -1.05. The third kappa shape index (κ3) is 15.2. The van der Waals surface area contributed by atoms with E-state index >= 15 is 0 Å². The topological polar surface area (TPSA) is 26.3 Å². The zero-order chi connectivity index (χ0) is 15.9. The Morgan fingerprint density at radius 3 is 2.24 bits per heavy atom. The summed E-state index contributed by atoms with van der Waals surface area (Å²) in [7, 11) is 0. The number of unbranched alkanes of at least 4 members (excludes halogenated alkanes) is 5. The molecule has 0 radical (unpaired) electrons. The maximum Gasteiger partial charge on any atom is 0.306 e. The van der Waals surface area contributed by atoms with Gasteiger partial charge in [0, 0.05) is 6.42 Å². The maximum absolute atomic E-state index is 11.6. The zero-order valence-corrected chi connectivity index (χ0v) is 14.5. The smallest absolute Gasteiger partial charge is 0.306 e. The van der Waals surface area contributed by atoms with Crippen LogP contribution in [-0.2, 0) is 9.53 Å². The van der Waals surface area contributed by atoms with Crippen molar-refractivity contribution >= 4 is 5.97 Å². The molecule has 0 rings (SSSR count). The summed E-state index contributed by atoms with van der Waals surface area (Å²) in [6.45, 7) is 8.97. The summed E-state index contributed by atoms with van der Waals surface area (Å²) in [6.07, 6.45) is 14.2. The SMILES string of the molecule is CCCCCCCCC(=O)OCC=C(C)CCC=C(C)C. The van der Waals surface area contributed by atoms with Crippen LogP contribution in [0.3, 0.4) is 0 Å². The van der Waals surface area contributed by atoms with Gasteiger partial charge in [0.15, 0.2) is 0 Å². The van der Waals surface area contributed by atoms with Crippen molar-refractivity contribution in [3.05, 3.63) is 23.3 Å². The normalized spacial score (nSPS) is 11.3. The molecule has 0 aliphatic rings. The number of hydrogen-bond donors (Lipinski definition) is 0. The quantitative estimate of drug-likeness (QED) is 0.252. The van der Waals surface area contributed by atoms with E-state index in [2.05, 4.69) is 33.8 Å². The van der Waals surface area contributed by atoms with Crippen LogP contribution in [0.2, 0.25) is 0 Å². The first-order valence-electron chi connectivity index (χ1n) is 8.50.